The molecule has 6 rings (SSSR count). The molecule has 0 saturated heterocycles. The fraction of sp³-hybridized carbons (Fsp3) is 0.115. The number of nitrogens with one attached hydrogen (secondary N) is 3. The quantitative estimate of drug-likeness (QED) is 0.280. The number of amides is 1. The number of hydrogen-bond donors (Lipinski definition) is 3. The minimum atomic E-state index is -0.484. The Morgan fingerprint density at radius 1 is 1.11 bits per heavy atom. The molecular weight excluding hydrogens is 461 g/mol. The highest BCUT2D eigenvalue weighted by atomic mass is 19.1. The highest BCUT2D eigenvalue weighted by Crippen LogP contribution is 2.34. The standard InChI is InChI=1S/C26H20FN7O2/c1-2-3-21(35)30-17-8-16(11-28-12-17)15-9-18-23(19(27)10-15)33-34-24(18)26-31-20-4-6-29-22(25(20)32-26)14-5-7-36-13-14/h4-13H,2-3H2,1H3,(H,30,35)(H,31,32)(H,33,34). The van der Waals surface area contributed by atoms with E-state index in [4.69, 9.17) is 9.40 Å². The number of anilines is 1. The molecule has 10 heteroatoms. The molecule has 6 aromatic rings. The number of furan rings is 1. The summed E-state index contributed by atoms with van der Waals surface area (Å²) in [5, 5.41) is 10.5. The van der Waals surface area contributed by atoms with Crippen LogP contribution in [0, 0.1) is 5.82 Å². The first-order chi connectivity index (χ1) is 17.6. The van der Waals surface area contributed by atoms with Gasteiger partial charge in [0.05, 0.1) is 29.9 Å². The van der Waals surface area contributed by atoms with Gasteiger partial charge in [0.2, 0.25) is 5.91 Å². The molecule has 0 saturated carbocycles. The van der Waals surface area contributed by atoms with E-state index >= 15 is 4.39 Å². The SMILES string of the molecule is CCCC(=O)Nc1cncc(-c2cc(F)c3n[nH]c(-c4nc5c(-c6ccoc6)nccc5[nH]4)c3c2)c1. The topological polar surface area (TPSA) is 125 Å². The van der Waals surface area contributed by atoms with Gasteiger partial charge in [0, 0.05) is 35.3 Å². The Bertz CT molecular complexity index is 1720. The maximum atomic E-state index is 15.1. The van der Waals surface area contributed by atoms with Gasteiger partial charge in [-0.3, -0.25) is 19.9 Å². The summed E-state index contributed by atoms with van der Waals surface area (Å²) in [5.74, 6) is -0.0767. The lowest BCUT2D eigenvalue weighted by Crippen LogP contribution is -2.10. The number of aromatic nitrogens is 6. The van der Waals surface area contributed by atoms with Gasteiger partial charge in [-0.15, -0.1) is 0 Å². The summed E-state index contributed by atoms with van der Waals surface area (Å²) in [7, 11) is 0. The average Bonchev–Trinajstić information content (AvgIpc) is 3.63. The fourth-order valence-corrected chi connectivity index (χ4v) is 4.20. The van der Waals surface area contributed by atoms with Crippen molar-refractivity contribution in [2.75, 3.05) is 5.32 Å². The van der Waals surface area contributed by atoms with Crippen molar-refractivity contribution >= 4 is 33.5 Å². The van der Waals surface area contributed by atoms with Gasteiger partial charge in [-0.25, -0.2) is 9.37 Å². The van der Waals surface area contributed by atoms with E-state index in [2.05, 4.69) is 30.5 Å². The summed E-state index contributed by atoms with van der Waals surface area (Å²) < 4.78 is 20.3. The van der Waals surface area contributed by atoms with Crippen molar-refractivity contribution in [1.29, 1.82) is 0 Å². The predicted octanol–water partition coefficient (Wildman–Crippen LogP) is 5.70. The summed E-state index contributed by atoms with van der Waals surface area (Å²) in [6, 6.07) is 8.64. The second-order valence-corrected chi connectivity index (χ2v) is 8.37. The minimum absolute atomic E-state index is 0.0932. The summed E-state index contributed by atoms with van der Waals surface area (Å²) in [4.78, 5) is 28.7. The molecule has 0 aliphatic carbocycles. The van der Waals surface area contributed by atoms with Crippen molar-refractivity contribution in [1.82, 2.24) is 30.1 Å². The minimum Gasteiger partial charge on any atom is -0.472 e. The molecule has 0 atom stereocenters. The fourth-order valence-electron chi connectivity index (χ4n) is 4.20. The molecule has 1 aromatic carbocycles. The molecule has 0 aliphatic rings. The number of rotatable bonds is 6. The van der Waals surface area contributed by atoms with Gasteiger partial charge in [-0.05, 0) is 42.3 Å². The zero-order valence-electron chi connectivity index (χ0n) is 19.2. The van der Waals surface area contributed by atoms with Crippen LogP contribution in [0.1, 0.15) is 19.8 Å². The number of benzene rings is 1. The van der Waals surface area contributed by atoms with E-state index in [0.29, 0.717) is 51.4 Å². The van der Waals surface area contributed by atoms with Gasteiger partial charge < -0.3 is 14.7 Å². The molecule has 5 heterocycles. The summed E-state index contributed by atoms with van der Waals surface area (Å²) in [5.41, 5.74) is 5.46. The smallest absolute Gasteiger partial charge is 0.224 e. The third-order valence-corrected chi connectivity index (χ3v) is 5.88. The molecule has 0 bridgehead atoms. The molecule has 0 fully saturated rings. The Labute approximate surface area is 203 Å². The van der Waals surface area contributed by atoms with Gasteiger partial charge in [0.25, 0.3) is 0 Å². The molecule has 0 radical (unpaired) electrons. The number of halogens is 1. The number of fused-ring (bicyclic) bond motifs is 2. The van der Waals surface area contributed by atoms with E-state index in [-0.39, 0.29) is 11.4 Å². The first-order valence-electron chi connectivity index (χ1n) is 11.4. The first-order valence-corrected chi connectivity index (χ1v) is 11.4. The molecule has 1 amide bonds. The summed E-state index contributed by atoms with van der Waals surface area (Å²) in [6.45, 7) is 1.94. The number of carbonyl (C=O) groups excluding carboxylic acids is 1. The zero-order valence-corrected chi connectivity index (χ0v) is 19.2. The Kier molecular flexibility index (Phi) is 5.25. The molecule has 0 aliphatic heterocycles. The Hall–Kier alpha value is -4.86. The highest BCUT2D eigenvalue weighted by Gasteiger charge is 2.18. The van der Waals surface area contributed by atoms with Crippen LogP contribution in [0.5, 0.6) is 0 Å². The normalized spacial score (nSPS) is 11.4. The van der Waals surface area contributed by atoms with Crippen LogP contribution in [0.2, 0.25) is 0 Å². The lowest BCUT2D eigenvalue weighted by atomic mass is 10.0. The van der Waals surface area contributed by atoms with E-state index in [9.17, 15) is 4.79 Å². The lowest BCUT2D eigenvalue weighted by molar-refractivity contribution is -0.116. The van der Waals surface area contributed by atoms with Gasteiger partial charge >= 0.3 is 0 Å². The van der Waals surface area contributed by atoms with Crippen LogP contribution >= 0.6 is 0 Å². The van der Waals surface area contributed by atoms with Gasteiger partial charge in [-0.1, -0.05) is 6.92 Å². The van der Waals surface area contributed by atoms with E-state index in [0.717, 1.165) is 17.5 Å². The maximum absolute atomic E-state index is 15.1. The number of imidazole rings is 1. The molecule has 5 aromatic heterocycles. The average molecular weight is 481 g/mol. The number of carbonyl (C=O) groups is 1. The largest absolute Gasteiger partial charge is 0.472 e. The highest BCUT2D eigenvalue weighted by molar-refractivity contribution is 5.98. The molecule has 9 nitrogen and oxygen atoms in total. The van der Waals surface area contributed by atoms with Crippen LogP contribution in [-0.2, 0) is 4.79 Å². The Morgan fingerprint density at radius 2 is 2.03 bits per heavy atom. The number of nitrogens with zero attached hydrogens (tertiary/aromatic N) is 4. The predicted molar refractivity (Wildman–Crippen MR) is 133 cm³/mol. The lowest BCUT2D eigenvalue weighted by Gasteiger charge is -2.07. The van der Waals surface area contributed by atoms with Crippen LogP contribution in [-0.4, -0.2) is 36.0 Å². The monoisotopic (exact) mass is 481 g/mol. The Balaban J connectivity index is 1.44. The van der Waals surface area contributed by atoms with Crippen LogP contribution in [0.4, 0.5) is 10.1 Å². The molecule has 178 valence electrons. The van der Waals surface area contributed by atoms with E-state index < -0.39 is 5.82 Å². The second-order valence-electron chi connectivity index (χ2n) is 8.37. The summed E-state index contributed by atoms with van der Waals surface area (Å²) >= 11 is 0. The first kappa shape index (κ1) is 21.7. The van der Waals surface area contributed by atoms with E-state index in [1.54, 1.807) is 37.2 Å². The van der Waals surface area contributed by atoms with Crippen molar-refractivity contribution < 1.29 is 13.6 Å². The summed E-state index contributed by atoms with van der Waals surface area (Å²) in [6.07, 6.45) is 9.22. The van der Waals surface area contributed by atoms with Crippen molar-refractivity contribution in [3.63, 3.8) is 0 Å². The van der Waals surface area contributed by atoms with Crippen molar-refractivity contribution in [2.45, 2.75) is 19.8 Å². The van der Waals surface area contributed by atoms with Crippen LogP contribution in [0.15, 0.2) is 65.9 Å². The third-order valence-electron chi connectivity index (χ3n) is 5.88. The van der Waals surface area contributed by atoms with Gasteiger partial charge in [-0.2, -0.15) is 5.10 Å². The second kappa shape index (κ2) is 8.73. The number of pyridine rings is 2. The van der Waals surface area contributed by atoms with Gasteiger partial charge in [0.15, 0.2) is 11.6 Å². The van der Waals surface area contributed by atoms with Crippen molar-refractivity contribution in [2.24, 2.45) is 0 Å². The van der Waals surface area contributed by atoms with E-state index in [1.165, 1.54) is 6.07 Å². The molecule has 0 spiro atoms. The zero-order chi connectivity index (χ0) is 24.6. The van der Waals surface area contributed by atoms with Crippen molar-refractivity contribution in [3.8, 4) is 33.9 Å². The molecule has 3 N–H and O–H groups in total. The van der Waals surface area contributed by atoms with E-state index in [1.807, 2.05) is 25.1 Å². The van der Waals surface area contributed by atoms with Crippen LogP contribution < -0.4 is 5.32 Å². The third kappa shape index (κ3) is 3.78. The van der Waals surface area contributed by atoms with Crippen LogP contribution in [0.25, 0.3) is 55.8 Å². The Morgan fingerprint density at radius 3 is 2.86 bits per heavy atom. The van der Waals surface area contributed by atoms with Gasteiger partial charge in [0.1, 0.15) is 22.4 Å². The molecule has 36 heavy (non-hydrogen) atoms. The van der Waals surface area contributed by atoms with Crippen molar-refractivity contribution in [3.05, 3.63) is 67.3 Å². The van der Waals surface area contributed by atoms with Crippen LogP contribution in [0.3, 0.4) is 0 Å². The number of aromatic amines is 2. The molecule has 0 unspecified atom stereocenters. The molecular formula is C26H20FN7O2. The number of H-pyrrole nitrogens is 2. The maximum Gasteiger partial charge on any atom is 0.224 e. The number of hydrogen-bond acceptors (Lipinski definition) is 6.